The van der Waals surface area contributed by atoms with Gasteiger partial charge in [-0.15, -0.1) is 11.3 Å². The Labute approximate surface area is 116 Å². The number of thiazole rings is 1. The third-order valence-corrected chi connectivity index (χ3v) is 3.66. The predicted octanol–water partition coefficient (Wildman–Crippen LogP) is 3.65. The summed E-state index contributed by atoms with van der Waals surface area (Å²) < 4.78 is 37.2. The van der Waals surface area contributed by atoms with E-state index in [1.807, 2.05) is 0 Å². The Morgan fingerprint density at radius 3 is 2.40 bits per heavy atom. The van der Waals surface area contributed by atoms with Crippen LogP contribution in [0.4, 0.5) is 13.2 Å². The van der Waals surface area contributed by atoms with Crippen molar-refractivity contribution < 1.29 is 23.1 Å². The standard InChI is InChI=1S/C13H10F3NO2S/c14-13(15,16)9-4-1-8(2-5-9)3-6-10-11(12(18)19)17-7-20-10/h1-2,4-5,7H,3,6H2,(H,18,19). The van der Waals surface area contributed by atoms with E-state index in [0.717, 1.165) is 17.7 Å². The van der Waals surface area contributed by atoms with Crippen LogP contribution in [0.1, 0.15) is 26.5 Å². The second-order valence-electron chi connectivity index (χ2n) is 4.12. The summed E-state index contributed by atoms with van der Waals surface area (Å²) in [5.41, 5.74) is 1.50. The summed E-state index contributed by atoms with van der Waals surface area (Å²) in [7, 11) is 0. The number of benzene rings is 1. The quantitative estimate of drug-likeness (QED) is 0.938. The molecule has 0 amide bonds. The number of hydrogen-bond donors (Lipinski definition) is 1. The normalized spacial score (nSPS) is 11.6. The van der Waals surface area contributed by atoms with Crippen LogP contribution < -0.4 is 0 Å². The van der Waals surface area contributed by atoms with Gasteiger partial charge in [-0.05, 0) is 30.5 Å². The second kappa shape index (κ2) is 5.62. The van der Waals surface area contributed by atoms with E-state index >= 15 is 0 Å². The van der Waals surface area contributed by atoms with Crippen molar-refractivity contribution in [3.8, 4) is 0 Å². The van der Waals surface area contributed by atoms with Gasteiger partial charge in [0.05, 0.1) is 11.1 Å². The van der Waals surface area contributed by atoms with Crippen molar-refractivity contribution in [1.82, 2.24) is 4.98 Å². The fourth-order valence-corrected chi connectivity index (χ4v) is 2.50. The minimum absolute atomic E-state index is 0.0157. The van der Waals surface area contributed by atoms with Crippen LogP contribution in [0.5, 0.6) is 0 Å². The van der Waals surface area contributed by atoms with Crippen molar-refractivity contribution in [2.75, 3.05) is 0 Å². The van der Waals surface area contributed by atoms with Crippen molar-refractivity contribution in [2.45, 2.75) is 19.0 Å². The van der Waals surface area contributed by atoms with E-state index in [4.69, 9.17) is 5.11 Å². The Balaban J connectivity index is 2.04. The fraction of sp³-hybridized carbons (Fsp3) is 0.231. The molecular formula is C13H10F3NO2S. The van der Waals surface area contributed by atoms with Gasteiger partial charge < -0.3 is 5.11 Å². The molecule has 1 aromatic heterocycles. The van der Waals surface area contributed by atoms with Gasteiger partial charge in [0.15, 0.2) is 5.69 Å². The third kappa shape index (κ3) is 3.36. The smallest absolute Gasteiger partial charge is 0.416 e. The van der Waals surface area contributed by atoms with Crippen molar-refractivity contribution in [3.05, 3.63) is 51.5 Å². The van der Waals surface area contributed by atoms with Gasteiger partial charge in [0, 0.05) is 4.88 Å². The van der Waals surface area contributed by atoms with Gasteiger partial charge in [-0.25, -0.2) is 9.78 Å². The van der Waals surface area contributed by atoms with Gasteiger partial charge in [-0.1, -0.05) is 12.1 Å². The number of halogens is 3. The van der Waals surface area contributed by atoms with Crippen LogP contribution in [0.3, 0.4) is 0 Å². The van der Waals surface area contributed by atoms with E-state index in [2.05, 4.69) is 4.98 Å². The number of aromatic carboxylic acids is 1. The van der Waals surface area contributed by atoms with Crippen LogP contribution >= 0.6 is 11.3 Å². The summed E-state index contributed by atoms with van der Waals surface area (Å²) in [6, 6.07) is 4.87. The Kier molecular flexibility index (Phi) is 4.08. The molecule has 0 radical (unpaired) electrons. The van der Waals surface area contributed by atoms with E-state index in [9.17, 15) is 18.0 Å². The Bertz CT molecular complexity index is 605. The number of rotatable bonds is 4. The van der Waals surface area contributed by atoms with Crippen LogP contribution in [0.2, 0.25) is 0 Å². The van der Waals surface area contributed by atoms with E-state index in [1.54, 1.807) is 0 Å². The van der Waals surface area contributed by atoms with Gasteiger partial charge in [-0.3, -0.25) is 0 Å². The highest BCUT2D eigenvalue weighted by Gasteiger charge is 2.29. The molecule has 20 heavy (non-hydrogen) atoms. The molecule has 7 heteroatoms. The summed E-state index contributed by atoms with van der Waals surface area (Å²) in [5.74, 6) is -1.09. The molecule has 0 aliphatic carbocycles. The lowest BCUT2D eigenvalue weighted by Crippen LogP contribution is -2.05. The molecule has 2 aromatic rings. The molecule has 0 fully saturated rings. The lowest BCUT2D eigenvalue weighted by atomic mass is 10.1. The number of aryl methyl sites for hydroxylation is 2. The SMILES string of the molecule is O=C(O)c1ncsc1CCc1ccc(C(F)(F)F)cc1. The van der Waals surface area contributed by atoms with Gasteiger partial charge in [0.2, 0.25) is 0 Å². The van der Waals surface area contributed by atoms with Gasteiger partial charge in [0.1, 0.15) is 0 Å². The number of carboxylic acid groups (broad SMARTS) is 1. The average molecular weight is 301 g/mol. The highest BCUT2D eigenvalue weighted by molar-refractivity contribution is 7.09. The van der Waals surface area contributed by atoms with E-state index in [1.165, 1.54) is 29.0 Å². The average Bonchev–Trinajstić information content (AvgIpc) is 2.84. The molecule has 0 saturated heterocycles. The number of aromatic nitrogens is 1. The summed E-state index contributed by atoms with van der Waals surface area (Å²) in [6.45, 7) is 0. The monoisotopic (exact) mass is 301 g/mol. The first-order valence-corrected chi connectivity index (χ1v) is 6.57. The molecule has 0 bridgehead atoms. The lowest BCUT2D eigenvalue weighted by molar-refractivity contribution is -0.137. The molecule has 0 aliphatic rings. The summed E-state index contributed by atoms with van der Waals surface area (Å²) in [4.78, 5) is 15.2. The van der Waals surface area contributed by atoms with E-state index in [-0.39, 0.29) is 5.69 Å². The minimum Gasteiger partial charge on any atom is -0.476 e. The minimum atomic E-state index is -4.34. The molecule has 1 aromatic carbocycles. The van der Waals surface area contributed by atoms with Crippen LogP contribution in [-0.2, 0) is 19.0 Å². The van der Waals surface area contributed by atoms with Crippen LogP contribution in [0, 0.1) is 0 Å². The number of carboxylic acids is 1. The molecular weight excluding hydrogens is 291 g/mol. The zero-order valence-electron chi connectivity index (χ0n) is 10.1. The largest absolute Gasteiger partial charge is 0.476 e. The number of nitrogens with zero attached hydrogens (tertiary/aromatic N) is 1. The Hall–Kier alpha value is -1.89. The second-order valence-corrected chi connectivity index (χ2v) is 5.06. The molecule has 0 unspecified atom stereocenters. The predicted molar refractivity (Wildman–Crippen MR) is 67.9 cm³/mol. The Morgan fingerprint density at radius 2 is 1.85 bits per heavy atom. The molecule has 106 valence electrons. The highest BCUT2D eigenvalue weighted by atomic mass is 32.1. The van der Waals surface area contributed by atoms with Crippen LogP contribution in [0.15, 0.2) is 29.8 Å². The maximum absolute atomic E-state index is 12.4. The van der Waals surface area contributed by atoms with Crippen LogP contribution in [0.25, 0.3) is 0 Å². The first-order valence-electron chi connectivity index (χ1n) is 5.69. The maximum atomic E-state index is 12.4. The first-order chi connectivity index (χ1) is 9.38. The molecule has 0 spiro atoms. The van der Waals surface area contributed by atoms with E-state index < -0.39 is 17.7 Å². The Morgan fingerprint density at radius 1 is 1.20 bits per heavy atom. The lowest BCUT2D eigenvalue weighted by Gasteiger charge is -2.07. The van der Waals surface area contributed by atoms with Crippen molar-refractivity contribution in [1.29, 1.82) is 0 Å². The fourth-order valence-electron chi connectivity index (χ4n) is 1.74. The zero-order chi connectivity index (χ0) is 14.8. The van der Waals surface area contributed by atoms with Crippen molar-refractivity contribution in [3.63, 3.8) is 0 Å². The number of alkyl halides is 3. The van der Waals surface area contributed by atoms with Crippen LogP contribution in [-0.4, -0.2) is 16.1 Å². The van der Waals surface area contributed by atoms with Gasteiger partial charge in [-0.2, -0.15) is 13.2 Å². The zero-order valence-corrected chi connectivity index (χ0v) is 11.0. The molecule has 0 aliphatic heterocycles. The number of carbonyl (C=O) groups is 1. The topological polar surface area (TPSA) is 50.2 Å². The van der Waals surface area contributed by atoms with Gasteiger partial charge >= 0.3 is 12.1 Å². The molecule has 2 rings (SSSR count). The summed E-state index contributed by atoms with van der Waals surface area (Å²) in [6.07, 6.45) is -3.43. The third-order valence-electron chi connectivity index (χ3n) is 2.77. The molecule has 3 nitrogen and oxygen atoms in total. The van der Waals surface area contributed by atoms with E-state index in [0.29, 0.717) is 17.7 Å². The molecule has 1 heterocycles. The summed E-state index contributed by atoms with van der Waals surface area (Å²) in [5, 5.41) is 8.90. The van der Waals surface area contributed by atoms with Crippen molar-refractivity contribution in [2.24, 2.45) is 0 Å². The molecule has 0 atom stereocenters. The number of hydrogen-bond acceptors (Lipinski definition) is 3. The highest BCUT2D eigenvalue weighted by Crippen LogP contribution is 2.29. The first kappa shape index (κ1) is 14.5. The van der Waals surface area contributed by atoms with Gasteiger partial charge in [0.25, 0.3) is 0 Å². The maximum Gasteiger partial charge on any atom is 0.416 e. The van der Waals surface area contributed by atoms with Crippen molar-refractivity contribution >= 4 is 17.3 Å². The molecule has 1 N–H and O–H groups in total. The summed E-state index contributed by atoms with van der Waals surface area (Å²) >= 11 is 1.23. The molecule has 0 saturated carbocycles.